The molecule has 0 saturated carbocycles. The van der Waals surface area contributed by atoms with E-state index in [0.717, 1.165) is 17.0 Å². The van der Waals surface area contributed by atoms with Crippen LogP contribution in [-0.4, -0.2) is 25.8 Å². The molecule has 0 fully saturated rings. The topological polar surface area (TPSA) is 85.8 Å². The van der Waals surface area contributed by atoms with E-state index in [4.69, 9.17) is 4.52 Å². The Morgan fingerprint density at radius 2 is 2.22 bits per heavy atom. The molecule has 3 aromatic rings. The average Bonchev–Trinajstić information content (AvgIpc) is 3.05. The van der Waals surface area contributed by atoms with Crippen molar-refractivity contribution >= 4 is 34.2 Å². The van der Waals surface area contributed by atoms with E-state index in [1.807, 2.05) is 13.8 Å². The van der Waals surface area contributed by atoms with Crippen LogP contribution in [-0.2, 0) is 6.54 Å². The van der Waals surface area contributed by atoms with Gasteiger partial charge in [-0.1, -0.05) is 11.2 Å². The number of aromatic nitrogens is 4. The van der Waals surface area contributed by atoms with Gasteiger partial charge in [-0.15, -0.1) is 0 Å². The lowest BCUT2D eigenvalue weighted by atomic mass is 10.2. The minimum absolute atomic E-state index is 0.264. The van der Waals surface area contributed by atoms with Crippen LogP contribution in [0.25, 0.3) is 0 Å². The number of amides is 1. The fraction of sp³-hybridized carbons (Fsp3) is 0.200. The highest BCUT2D eigenvalue weighted by Crippen LogP contribution is 2.19. The van der Waals surface area contributed by atoms with Crippen LogP contribution in [0.4, 0.5) is 5.69 Å². The van der Waals surface area contributed by atoms with Crippen LogP contribution in [0.5, 0.6) is 0 Å². The third-order valence-corrected chi connectivity index (χ3v) is 4.16. The zero-order valence-electron chi connectivity index (χ0n) is 12.6. The number of carbonyl (C=O) groups excluding carboxylic acids is 1. The molecule has 1 N–H and O–H groups in total. The Balaban J connectivity index is 1.78. The largest absolute Gasteiger partial charge is 0.361 e. The second-order valence-corrected chi connectivity index (χ2v) is 6.02. The average molecular weight is 423 g/mol. The fourth-order valence-electron chi connectivity index (χ4n) is 2.14. The molecule has 7 nitrogen and oxygen atoms in total. The molecule has 0 atom stereocenters. The molecule has 0 bridgehead atoms. The van der Waals surface area contributed by atoms with Gasteiger partial charge in [-0.2, -0.15) is 5.10 Å². The Hall–Kier alpha value is -2.23. The molecule has 1 amide bonds. The molecule has 0 saturated heterocycles. The van der Waals surface area contributed by atoms with Crippen molar-refractivity contribution in [3.8, 4) is 0 Å². The number of rotatable bonds is 4. The van der Waals surface area contributed by atoms with Crippen molar-refractivity contribution in [2.75, 3.05) is 5.32 Å². The van der Waals surface area contributed by atoms with Crippen molar-refractivity contribution in [3.63, 3.8) is 0 Å². The monoisotopic (exact) mass is 423 g/mol. The summed E-state index contributed by atoms with van der Waals surface area (Å²) in [5, 5.41) is 11.2. The molecule has 0 aliphatic carbocycles. The number of aryl methyl sites for hydroxylation is 2. The quantitative estimate of drug-likeness (QED) is 0.653. The van der Waals surface area contributed by atoms with Gasteiger partial charge in [-0.25, -0.2) is 0 Å². The summed E-state index contributed by atoms with van der Waals surface area (Å²) >= 11 is 2.09. The SMILES string of the molecule is Cc1noc(C)c1Cn1cc(NC(=O)c2ccccn2)c(I)n1. The molecule has 0 spiro atoms. The third kappa shape index (κ3) is 3.41. The van der Waals surface area contributed by atoms with Gasteiger partial charge in [-0.3, -0.25) is 14.5 Å². The van der Waals surface area contributed by atoms with Crippen molar-refractivity contribution in [3.05, 3.63) is 57.0 Å². The summed E-state index contributed by atoms with van der Waals surface area (Å²) < 4.78 is 7.62. The lowest BCUT2D eigenvalue weighted by molar-refractivity contribution is 0.102. The van der Waals surface area contributed by atoms with E-state index < -0.39 is 0 Å². The molecular weight excluding hydrogens is 409 g/mol. The van der Waals surface area contributed by atoms with E-state index in [1.165, 1.54) is 0 Å². The minimum Gasteiger partial charge on any atom is -0.361 e. The smallest absolute Gasteiger partial charge is 0.274 e. The molecule has 3 rings (SSSR count). The summed E-state index contributed by atoms with van der Waals surface area (Å²) in [6.45, 7) is 4.30. The minimum atomic E-state index is -0.264. The molecule has 118 valence electrons. The van der Waals surface area contributed by atoms with Crippen LogP contribution in [0.2, 0.25) is 0 Å². The molecular formula is C15H14IN5O2. The van der Waals surface area contributed by atoms with Gasteiger partial charge in [0.15, 0.2) is 0 Å². The molecule has 0 aromatic carbocycles. The van der Waals surface area contributed by atoms with Gasteiger partial charge in [0.2, 0.25) is 0 Å². The van der Waals surface area contributed by atoms with Gasteiger partial charge >= 0.3 is 0 Å². The standard InChI is InChI=1S/C15H14IN5O2/c1-9-11(10(2)23-20-9)7-21-8-13(14(16)19-21)18-15(22)12-5-3-4-6-17-12/h3-6,8H,7H2,1-2H3,(H,18,22). The van der Waals surface area contributed by atoms with E-state index in [9.17, 15) is 4.79 Å². The van der Waals surface area contributed by atoms with E-state index in [1.54, 1.807) is 35.3 Å². The maximum absolute atomic E-state index is 12.2. The molecule has 3 heterocycles. The van der Waals surface area contributed by atoms with Crippen LogP contribution >= 0.6 is 22.6 Å². The highest BCUT2D eigenvalue weighted by Gasteiger charge is 2.15. The summed E-state index contributed by atoms with van der Waals surface area (Å²) in [4.78, 5) is 16.2. The molecule has 0 aliphatic heterocycles. The second kappa shape index (κ2) is 6.49. The van der Waals surface area contributed by atoms with Crippen LogP contribution in [0.1, 0.15) is 27.5 Å². The molecule has 0 radical (unpaired) electrons. The van der Waals surface area contributed by atoms with E-state index in [0.29, 0.717) is 21.6 Å². The summed E-state index contributed by atoms with van der Waals surface area (Å²) in [6.07, 6.45) is 3.37. The lowest BCUT2D eigenvalue weighted by Gasteiger charge is -2.02. The number of hydrogen-bond donors (Lipinski definition) is 1. The molecule has 8 heteroatoms. The van der Waals surface area contributed by atoms with Crippen molar-refractivity contribution < 1.29 is 9.32 Å². The predicted octanol–water partition coefficient (Wildman–Crippen LogP) is 2.79. The maximum Gasteiger partial charge on any atom is 0.274 e. The Morgan fingerprint density at radius 1 is 1.39 bits per heavy atom. The summed E-state index contributed by atoms with van der Waals surface area (Å²) in [6, 6.07) is 5.20. The highest BCUT2D eigenvalue weighted by atomic mass is 127. The van der Waals surface area contributed by atoms with E-state index in [2.05, 4.69) is 43.1 Å². The summed E-state index contributed by atoms with van der Waals surface area (Å²) in [5.74, 6) is 0.507. The number of anilines is 1. The van der Waals surface area contributed by atoms with Crippen molar-refractivity contribution in [1.29, 1.82) is 0 Å². The Bertz CT molecular complexity index is 821. The normalized spacial score (nSPS) is 10.7. The van der Waals surface area contributed by atoms with Crippen molar-refractivity contribution in [2.24, 2.45) is 0 Å². The Kier molecular flexibility index (Phi) is 4.42. The zero-order chi connectivity index (χ0) is 16.4. The number of carbonyl (C=O) groups is 1. The van der Waals surface area contributed by atoms with E-state index in [-0.39, 0.29) is 5.91 Å². The van der Waals surface area contributed by atoms with Gasteiger partial charge in [0.1, 0.15) is 15.2 Å². The predicted molar refractivity (Wildman–Crippen MR) is 92.2 cm³/mol. The van der Waals surface area contributed by atoms with Gasteiger partial charge in [-0.05, 0) is 48.6 Å². The lowest BCUT2D eigenvalue weighted by Crippen LogP contribution is -2.13. The molecule has 0 aliphatic rings. The van der Waals surface area contributed by atoms with Gasteiger partial charge < -0.3 is 9.84 Å². The molecule has 23 heavy (non-hydrogen) atoms. The first-order chi connectivity index (χ1) is 11.0. The number of halogens is 1. The fourth-order valence-corrected chi connectivity index (χ4v) is 2.69. The third-order valence-electron chi connectivity index (χ3n) is 3.36. The first-order valence-electron chi connectivity index (χ1n) is 6.91. The number of pyridine rings is 1. The first kappa shape index (κ1) is 15.7. The zero-order valence-corrected chi connectivity index (χ0v) is 14.7. The van der Waals surface area contributed by atoms with Gasteiger partial charge in [0, 0.05) is 11.8 Å². The van der Waals surface area contributed by atoms with Gasteiger partial charge in [0.25, 0.3) is 5.91 Å². The van der Waals surface area contributed by atoms with Gasteiger partial charge in [0.05, 0.1) is 24.1 Å². The molecule has 3 aromatic heterocycles. The van der Waals surface area contributed by atoms with Crippen LogP contribution < -0.4 is 5.32 Å². The van der Waals surface area contributed by atoms with Crippen LogP contribution in [0.3, 0.4) is 0 Å². The highest BCUT2D eigenvalue weighted by molar-refractivity contribution is 14.1. The summed E-state index contributed by atoms with van der Waals surface area (Å²) in [7, 11) is 0. The number of hydrogen-bond acceptors (Lipinski definition) is 5. The number of nitrogens with one attached hydrogen (secondary N) is 1. The maximum atomic E-state index is 12.2. The second-order valence-electron chi connectivity index (χ2n) is 5.00. The molecule has 0 unspecified atom stereocenters. The van der Waals surface area contributed by atoms with Crippen LogP contribution in [0.15, 0.2) is 35.1 Å². The van der Waals surface area contributed by atoms with Crippen molar-refractivity contribution in [1.82, 2.24) is 19.9 Å². The van der Waals surface area contributed by atoms with Crippen molar-refractivity contribution in [2.45, 2.75) is 20.4 Å². The summed E-state index contributed by atoms with van der Waals surface area (Å²) in [5.41, 5.74) is 2.84. The Morgan fingerprint density at radius 3 is 2.87 bits per heavy atom. The first-order valence-corrected chi connectivity index (χ1v) is 7.99. The number of nitrogens with zero attached hydrogens (tertiary/aromatic N) is 4. The van der Waals surface area contributed by atoms with Crippen LogP contribution in [0, 0.1) is 17.5 Å². The Labute approximate surface area is 146 Å². The van der Waals surface area contributed by atoms with E-state index >= 15 is 0 Å².